The van der Waals surface area contributed by atoms with Crippen molar-refractivity contribution in [2.75, 3.05) is 6.61 Å². The van der Waals surface area contributed by atoms with Crippen LogP contribution in [-0.2, 0) is 0 Å². The molecule has 0 saturated carbocycles. The van der Waals surface area contributed by atoms with Crippen LogP contribution < -0.4 is 4.74 Å². The molecule has 0 aliphatic rings. The van der Waals surface area contributed by atoms with E-state index in [1.54, 1.807) is 18.2 Å². The van der Waals surface area contributed by atoms with Crippen LogP contribution in [-0.4, -0.2) is 27.7 Å². The van der Waals surface area contributed by atoms with Crippen molar-refractivity contribution in [3.63, 3.8) is 0 Å². The summed E-state index contributed by atoms with van der Waals surface area (Å²) in [7, 11) is 0. The Balaban J connectivity index is 2.03. The van der Waals surface area contributed by atoms with Crippen LogP contribution in [0.15, 0.2) is 35.1 Å². The molecule has 0 unspecified atom stereocenters. The summed E-state index contributed by atoms with van der Waals surface area (Å²) in [5, 5.41) is 0.666. The van der Waals surface area contributed by atoms with E-state index in [9.17, 15) is 17.6 Å². The molecule has 9 heteroatoms. The second-order valence-electron chi connectivity index (χ2n) is 4.62. The second-order valence-corrected chi connectivity index (χ2v) is 5.47. The number of para-hydroxylation sites is 1. The summed E-state index contributed by atoms with van der Waals surface area (Å²) >= 11 is 3.35. The van der Waals surface area contributed by atoms with Gasteiger partial charge < -0.3 is 9.72 Å². The summed E-state index contributed by atoms with van der Waals surface area (Å²) in [6.07, 6.45) is -2.22. The lowest BCUT2D eigenvalue weighted by Gasteiger charge is -2.08. The van der Waals surface area contributed by atoms with Gasteiger partial charge in [0.05, 0.1) is 11.7 Å². The summed E-state index contributed by atoms with van der Waals surface area (Å²) in [6.45, 7) is -1.54. The van der Waals surface area contributed by atoms with Crippen LogP contribution in [0.25, 0.3) is 22.2 Å². The van der Waals surface area contributed by atoms with E-state index in [1.807, 2.05) is 0 Å². The van der Waals surface area contributed by atoms with Crippen molar-refractivity contribution < 1.29 is 22.3 Å². The number of halogens is 5. The first-order chi connectivity index (χ1) is 10.8. The minimum atomic E-state index is -4.52. The number of aromatic nitrogens is 3. The van der Waals surface area contributed by atoms with Gasteiger partial charge in [0, 0.05) is 21.6 Å². The fourth-order valence-corrected chi connectivity index (χ4v) is 2.55. The van der Waals surface area contributed by atoms with Crippen molar-refractivity contribution in [2.24, 2.45) is 0 Å². The fourth-order valence-electron chi connectivity index (χ4n) is 2.07. The zero-order valence-electron chi connectivity index (χ0n) is 11.3. The zero-order chi connectivity index (χ0) is 16.6. The molecule has 0 aliphatic carbocycles. The second kappa shape index (κ2) is 5.80. The molecule has 120 valence electrons. The van der Waals surface area contributed by atoms with E-state index in [2.05, 4.69) is 35.6 Å². The van der Waals surface area contributed by atoms with E-state index >= 15 is 0 Å². The summed E-state index contributed by atoms with van der Waals surface area (Å²) in [6, 6.07) is 4.76. The zero-order valence-corrected chi connectivity index (χ0v) is 12.9. The Bertz CT molecular complexity index is 863. The van der Waals surface area contributed by atoms with Crippen LogP contribution in [0.2, 0.25) is 0 Å². The maximum atomic E-state index is 14.0. The van der Waals surface area contributed by atoms with Gasteiger partial charge in [0.2, 0.25) is 0 Å². The van der Waals surface area contributed by atoms with Gasteiger partial charge in [-0.25, -0.2) is 9.37 Å². The van der Waals surface area contributed by atoms with E-state index in [-0.39, 0.29) is 5.69 Å². The van der Waals surface area contributed by atoms with Crippen molar-refractivity contribution in [1.29, 1.82) is 0 Å². The number of nitrogens with zero attached hydrogens (tertiary/aromatic N) is 2. The third-order valence-electron chi connectivity index (χ3n) is 3.01. The van der Waals surface area contributed by atoms with Gasteiger partial charge in [-0.05, 0) is 22.0 Å². The first kappa shape index (κ1) is 15.7. The molecule has 23 heavy (non-hydrogen) atoms. The lowest BCUT2D eigenvalue weighted by molar-refractivity contribution is -0.154. The molecule has 3 rings (SSSR count). The minimum Gasteiger partial charge on any atom is -0.454 e. The van der Waals surface area contributed by atoms with Crippen molar-refractivity contribution in [3.05, 3.63) is 40.9 Å². The van der Waals surface area contributed by atoms with E-state index in [1.165, 1.54) is 6.20 Å². The highest BCUT2D eigenvalue weighted by molar-refractivity contribution is 9.10. The summed E-state index contributed by atoms with van der Waals surface area (Å²) < 4.78 is 55.8. The van der Waals surface area contributed by atoms with Gasteiger partial charge in [0.15, 0.2) is 12.4 Å². The van der Waals surface area contributed by atoms with Gasteiger partial charge in [0.25, 0.3) is 0 Å². The molecule has 0 radical (unpaired) electrons. The standard InChI is InChI=1S/C14H8BrF4N3O/c15-9-3-1-2-7-8(4-20-11(7)9)12-10(16)5-21-13(22-12)23-6-14(17,18)19/h1-5,20H,6H2. The minimum absolute atomic E-state index is 0.137. The van der Waals surface area contributed by atoms with Gasteiger partial charge >= 0.3 is 12.2 Å². The van der Waals surface area contributed by atoms with Gasteiger partial charge in [-0.15, -0.1) is 0 Å². The maximum Gasteiger partial charge on any atom is 0.422 e. The van der Waals surface area contributed by atoms with Crippen LogP contribution in [0.1, 0.15) is 0 Å². The Morgan fingerprint density at radius 1 is 1.26 bits per heavy atom. The highest BCUT2D eigenvalue weighted by Gasteiger charge is 2.29. The molecule has 0 bridgehead atoms. The molecule has 0 atom stereocenters. The number of H-pyrrole nitrogens is 1. The maximum absolute atomic E-state index is 14.0. The number of hydrogen-bond donors (Lipinski definition) is 1. The Morgan fingerprint density at radius 2 is 2.04 bits per heavy atom. The number of alkyl halides is 3. The molecule has 1 aromatic carbocycles. The van der Waals surface area contributed by atoms with Gasteiger partial charge in [-0.3, -0.25) is 0 Å². The molecular formula is C14H8BrF4N3O. The first-order valence-corrected chi connectivity index (χ1v) is 7.12. The number of fused-ring (bicyclic) bond motifs is 1. The van der Waals surface area contributed by atoms with E-state index in [0.29, 0.717) is 10.9 Å². The Morgan fingerprint density at radius 3 is 2.78 bits per heavy atom. The molecule has 0 aliphatic heterocycles. The number of hydrogen-bond acceptors (Lipinski definition) is 3. The van der Waals surface area contributed by atoms with Crippen LogP contribution >= 0.6 is 15.9 Å². The van der Waals surface area contributed by atoms with Gasteiger partial charge in [0.1, 0.15) is 5.69 Å². The molecule has 1 N–H and O–H groups in total. The first-order valence-electron chi connectivity index (χ1n) is 6.33. The number of nitrogens with one attached hydrogen (secondary N) is 1. The quantitative estimate of drug-likeness (QED) is 0.672. The Labute approximate surface area is 135 Å². The molecule has 0 saturated heterocycles. The lowest BCUT2D eigenvalue weighted by atomic mass is 10.1. The molecule has 0 fully saturated rings. The van der Waals surface area contributed by atoms with E-state index in [4.69, 9.17) is 0 Å². The van der Waals surface area contributed by atoms with Gasteiger partial charge in [-0.2, -0.15) is 18.2 Å². The molecule has 2 heterocycles. The smallest absolute Gasteiger partial charge is 0.422 e. The molecule has 2 aromatic heterocycles. The predicted octanol–water partition coefficient (Wildman–Crippen LogP) is 4.47. The molecule has 0 spiro atoms. The average Bonchev–Trinajstić information content (AvgIpc) is 2.91. The van der Waals surface area contributed by atoms with Crippen LogP contribution in [0, 0.1) is 5.82 Å². The molecule has 0 amide bonds. The number of ether oxygens (including phenoxy) is 1. The largest absolute Gasteiger partial charge is 0.454 e. The summed E-state index contributed by atoms with van der Waals surface area (Å²) in [5.74, 6) is -0.759. The predicted molar refractivity (Wildman–Crippen MR) is 78.5 cm³/mol. The lowest BCUT2D eigenvalue weighted by Crippen LogP contribution is -2.20. The normalized spacial score (nSPS) is 11.9. The monoisotopic (exact) mass is 389 g/mol. The summed E-state index contributed by atoms with van der Waals surface area (Å²) in [5.41, 5.74) is 0.984. The van der Waals surface area contributed by atoms with E-state index in [0.717, 1.165) is 16.2 Å². The highest BCUT2D eigenvalue weighted by Crippen LogP contribution is 2.33. The molecule has 4 nitrogen and oxygen atoms in total. The molecule has 3 aromatic rings. The Hall–Kier alpha value is -2.16. The van der Waals surface area contributed by atoms with Gasteiger partial charge in [-0.1, -0.05) is 12.1 Å². The van der Waals surface area contributed by atoms with Crippen molar-refractivity contribution >= 4 is 26.8 Å². The Kier molecular flexibility index (Phi) is 3.97. The van der Waals surface area contributed by atoms with Crippen LogP contribution in [0.3, 0.4) is 0 Å². The topological polar surface area (TPSA) is 50.8 Å². The third-order valence-corrected chi connectivity index (χ3v) is 3.67. The number of rotatable bonds is 3. The van der Waals surface area contributed by atoms with Crippen LogP contribution in [0.5, 0.6) is 6.01 Å². The fraction of sp³-hybridized carbons (Fsp3) is 0.143. The number of aromatic amines is 1. The SMILES string of the molecule is Fc1cnc(OCC(F)(F)F)nc1-c1c[nH]c2c(Br)cccc12. The summed E-state index contributed by atoms with van der Waals surface area (Å²) in [4.78, 5) is 10.1. The van der Waals surface area contributed by atoms with Crippen molar-refractivity contribution in [1.82, 2.24) is 15.0 Å². The van der Waals surface area contributed by atoms with Crippen molar-refractivity contribution in [2.45, 2.75) is 6.18 Å². The third kappa shape index (κ3) is 3.29. The molecular weight excluding hydrogens is 382 g/mol. The number of benzene rings is 1. The van der Waals surface area contributed by atoms with Crippen molar-refractivity contribution in [3.8, 4) is 17.3 Å². The van der Waals surface area contributed by atoms with Crippen LogP contribution in [0.4, 0.5) is 17.6 Å². The highest BCUT2D eigenvalue weighted by atomic mass is 79.9. The van der Waals surface area contributed by atoms with E-state index < -0.39 is 24.6 Å². The average molecular weight is 390 g/mol.